The van der Waals surface area contributed by atoms with E-state index in [0.29, 0.717) is 0 Å². The molecule has 148 valence electrons. The molecule has 0 aromatic rings. The lowest BCUT2D eigenvalue weighted by atomic mass is 9.97. The highest BCUT2D eigenvalue weighted by Crippen LogP contribution is 2.35. The number of aliphatic hydroxyl groups is 2. The first kappa shape index (κ1) is 20.9. The maximum absolute atomic E-state index is 11.9. The summed E-state index contributed by atoms with van der Waals surface area (Å²) in [5.74, 6) is -3.01. The smallest absolute Gasteiger partial charge is 0.419 e. The third-order valence-corrected chi connectivity index (χ3v) is 4.10. The Morgan fingerprint density at radius 1 is 1.19 bits per heavy atom. The molecule has 0 aliphatic carbocycles. The van der Waals surface area contributed by atoms with E-state index in [9.17, 15) is 15.0 Å². The highest BCUT2D eigenvalue weighted by atomic mass is 16.8. The van der Waals surface area contributed by atoms with Crippen molar-refractivity contribution >= 4 is 11.7 Å². The van der Waals surface area contributed by atoms with Crippen molar-refractivity contribution in [3.8, 4) is 0 Å². The van der Waals surface area contributed by atoms with Crippen molar-refractivity contribution in [2.75, 3.05) is 13.2 Å². The van der Waals surface area contributed by atoms with Gasteiger partial charge in [0.05, 0.1) is 13.2 Å². The lowest BCUT2D eigenvalue weighted by Gasteiger charge is -2.27. The quantitative estimate of drug-likeness (QED) is 0.277. The number of hydrogen-bond donors (Lipinski definition) is 2. The second-order valence-electron chi connectivity index (χ2n) is 7.07. The molecule has 5 atom stereocenters. The van der Waals surface area contributed by atoms with Gasteiger partial charge in [-0.3, -0.25) is 0 Å². The van der Waals surface area contributed by atoms with Crippen LogP contribution in [0.25, 0.3) is 5.53 Å². The Balaban J connectivity index is 2.21. The lowest BCUT2D eigenvalue weighted by molar-refractivity contribution is -0.179. The van der Waals surface area contributed by atoms with Crippen molar-refractivity contribution < 1.29 is 43.5 Å². The van der Waals surface area contributed by atoms with E-state index < -0.39 is 53.8 Å². The van der Waals surface area contributed by atoms with Crippen LogP contribution in [0, 0.1) is 0 Å². The molecule has 2 saturated heterocycles. The first-order chi connectivity index (χ1) is 12.0. The summed E-state index contributed by atoms with van der Waals surface area (Å²) in [5.41, 5.74) is 8.47. The third kappa shape index (κ3) is 4.47. The van der Waals surface area contributed by atoms with Gasteiger partial charge in [-0.2, -0.15) is 4.79 Å². The topological polar surface area (TPSA) is 140 Å². The predicted molar refractivity (Wildman–Crippen MR) is 86.0 cm³/mol. The largest absolute Gasteiger partial charge is 0.457 e. The monoisotopic (exact) mass is 374 g/mol. The Kier molecular flexibility index (Phi) is 6.19. The summed E-state index contributed by atoms with van der Waals surface area (Å²) in [4.78, 5) is 14.7. The van der Waals surface area contributed by atoms with E-state index in [1.165, 1.54) is 0 Å². The van der Waals surface area contributed by atoms with E-state index >= 15 is 0 Å². The number of rotatable bonds is 6. The van der Waals surface area contributed by atoms with E-state index in [1.54, 1.807) is 34.6 Å². The fourth-order valence-corrected chi connectivity index (χ4v) is 3.00. The number of carbonyl (C=O) groups excluding carboxylic acids is 1. The summed E-state index contributed by atoms with van der Waals surface area (Å²) in [6, 6.07) is 0. The van der Waals surface area contributed by atoms with Crippen molar-refractivity contribution in [1.82, 2.24) is 0 Å². The molecular weight excluding hydrogens is 348 g/mol. The lowest BCUT2D eigenvalue weighted by Crippen LogP contribution is -2.52. The Labute approximate surface area is 151 Å². The molecule has 2 heterocycles. The van der Waals surface area contributed by atoms with Gasteiger partial charge in [-0.25, -0.2) is 4.79 Å². The summed E-state index contributed by atoms with van der Waals surface area (Å²) < 4.78 is 27.2. The second-order valence-corrected chi connectivity index (χ2v) is 7.07. The summed E-state index contributed by atoms with van der Waals surface area (Å²) in [5, 5.41) is 21.2. The summed E-state index contributed by atoms with van der Waals surface area (Å²) >= 11 is 0. The van der Waals surface area contributed by atoms with Crippen LogP contribution in [0.4, 0.5) is 0 Å². The molecule has 0 saturated carbocycles. The average molecular weight is 374 g/mol. The van der Waals surface area contributed by atoms with E-state index in [1.807, 2.05) is 0 Å². The minimum absolute atomic E-state index is 0.0342. The predicted octanol–water partition coefficient (Wildman–Crippen LogP) is -0.386. The highest BCUT2D eigenvalue weighted by molar-refractivity contribution is 6.35. The molecular formula is C16H26N2O8. The molecule has 0 unspecified atom stereocenters. The van der Waals surface area contributed by atoms with Crippen molar-refractivity contribution in [3.63, 3.8) is 0 Å². The van der Waals surface area contributed by atoms with Crippen LogP contribution >= 0.6 is 0 Å². The van der Waals surface area contributed by atoms with Gasteiger partial charge in [-0.05, 0) is 34.6 Å². The van der Waals surface area contributed by atoms with Gasteiger partial charge in [0.25, 0.3) is 0 Å². The van der Waals surface area contributed by atoms with Crippen LogP contribution in [0.15, 0.2) is 0 Å². The van der Waals surface area contributed by atoms with Gasteiger partial charge in [0, 0.05) is 0 Å². The zero-order chi connectivity index (χ0) is 19.7. The van der Waals surface area contributed by atoms with Gasteiger partial charge < -0.3 is 39.4 Å². The maximum Gasteiger partial charge on any atom is 0.419 e. The second kappa shape index (κ2) is 7.69. The molecule has 0 aromatic heterocycles. The Hall–Kier alpha value is -1.39. The van der Waals surface area contributed by atoms with E-state index in [0.717, 1.165) is 0 Å². The highest BCUT2D eigenvalue weighted by Gasteiger charge is 2.55. The van der Waals surface area contributed by atoms with Crippen molar-refractivity contribution in [2.45, 2.75) is 76.7 Å². The number of ether oxygens (including phenoxy) is 5. The third-order valence-electron chi connectivity index (χ3n) is 4.10. The minimum atomic E-state index is -1.68. The van der Waals surface area contributed by atoms with Crippen LogP contribution in [-0.4, -0.2) is 82.0 Å². The molecule has 0 amide bonds. The average Bonchev–Trinajstić information content (AvgIpc) is 3.06. The molecule has 2 fully saturated rings. The molecule has 2 aliphatic heterocycles. The molecule has 2 N–H and O–H groups in total. The van der Waals surface area contributed by atoms with Crippen LogP contribution in [0.2, 0.25) is 0 Å². The van der Waals surface area contributed by atoms with Crippen LogP contribution < -0.4 is 0 Å². The van der Waals surface area contributed by atoms with Crippen LogP contribution in [0.1, 0.15) is 34.6 Å². The first-order valence-corrected chi connectivity index (χ1v) is 8.44. The number of esters is 1. The molecule has 10 heteroatoms. The van der Waals surface area contributed by atoms with Crippen molar-refractivity contribution in [3.05, 3.63) is 5.53 Å². The van der Waals surface area contributed by atoms with Crippen LogP contribution in [0.3, 0.4) is 0 Å². The fourth-order valence-electron chi connectivity index (χ4n) is 3.00. The molecule has 10 nitrogen and oxygen atoms in total. The number of hydrogen-bond acceptors (Lipinski definition) is 8. The molecule has 0 radical (unpaired) electrons. The molecule has 0 spiro atoms. The summed E-state index contributed by atoms with van der Waals surface area (Å²) in [6.45, 7) is 8.33. The van der Waals surface area contributed by atoms with E-state index in [2.05, 4.69) is 4.79 Å². The summed E-state index contributed by atoms with van der Waals surface area (Å²) in [7, 11) is 0. The van der Waals surface area contributed by atoms with Crippen molar-refractivity contribution in [2.24, 2.45) is 0 Å². The van der Waals surface area contributed by atoms with Crippen LogP contribution in [0.5, 0.6) is 0 Å². The van der Waals surface area contributed by atoms with E-state index in [-0.39, 0.29) is 13.2 Å². The zero-order valence-corrected chi connectivity index (χ0v) is 15.5. The fraction of sp³-hybridized carbons (Fsp3) is 0.875. The molecule has 0 bridgehead atoms. The summed E-state index contributed by atoms with van der Waals surface area (Å²) in [6.07, 6.45) is -5.88. The minimum Gasteiger partial charge on any atom is -0.457 e. The zero-order valence-electron chi connectivity index (χ0n) is 15.5. The number of nitrogens with zero attached hydrogens (tertiary/aromatic N) is 2. The Morgan fingerprint density at radius 3 is 2.31 bits per heavy atom. The van der Waals surface area contributed by atoms with Crippen LogP contribution in [-0.2, 0) is 28.5 Å². The van der Waals surface area contributed by atoms with Gasteiger partial charge in [-0.1, -0.05) is 0 Å². The molecule has 0 aromatic carbocycles. The van der Waals surface area contributed by atoms with Gasteiger partial charge in [-0.15, -0.1) is 0 Å². The van der Waals surface area contributed by atoms with Gasteiger partial charge in [0.2, 0.25) is 0 Å². The van der Waals surface area contributed by atoms with E-state index in [4.69, 9.17) is 29.2 Å². The first-order valence-electron chi connectivity index (χ1n) is 8.44. The molecule has 2 aliphatic rings. The Morgan fingerprint density at radius 2 is 1.81 bits per heavy atom. The van der Waals surface area contributed by atoms with Crippen molar-refractivity contribution in [1.29, 1.82) is 0 Å². The Bertz CT molecular complexity index is 587. The standard InChI is InChI=1S/C16H26N2O8/c1-6-22-14(21)9(18-17)11(20)13-12(25-16(4,5)26-13)10(19)8-7-23-15(2,3)24-8/h8,10-13,19-20H,6-7H2,1-5H3/t8-,10-,11-,12+,13-/m1/s1. The molecule has 26 heavy (non-hydrogen) atoms. The van der Waals surface area contributed by atoms with Gasteiger partial charge in [0.15, 0.2) is 17.7 Å². The number of carbonyl (C=O) groups is 1. The maximum atomic E-state index is 11.9. The normalized spacial score (nSPS) is 31.9. The van der Waals surface area contributed by atoms with Gasteiger partial charge >= 0.3 is 11.7 Å². The molecule has 2 rings (SSSR count). The SMILES string of the molecule is CCOC(=O)C(=[N+]=[N-])[C@@H](O)[C@H]1OC(C)(C)O[C@H]1[C@H](O)[C@H]1COC(C)(C)O1. The van der Waals surface area contributed by atoms with Gasteiger partial charge in [0.1, 0.15) is 24.4 Å². The number of aliphatic hydroxyl groups excluding tert-OH is 2.